The number of rotatable bonds is 4. The van der Waals surface area contributed by atoms with Crippen molar-refractivity contribution in [1.29, 1.82) is 0 Å². The summed E-state index contributed by atoms with van der Waals surface area (Å²) in [7, 11) is 0. The van der Waals surface area contributed by atoms with Gasteiger partial charge in [0.05, 0.1) is 31.7 Å². The number of piperazine rings is 1. The molecule has 28 heavy (non-hydrogen) atoms. The van der Waals surface area contributed by atoms with Crippen molar-refractivity contribution in [2.24, 2.45) is 0 Å². The van der Waals surface area contributed by atoms with Crippen molar-refractivity contribution in [2.45, 2.75) is 26.1 Å². The fourth-order valence-corrected chi connectivity index (χ4v) is 3.60. The molecule has 3 rings (SSSR count). The zero-order valence-electron chi connectivity index (χ0n) is 16.0. The number of benzene rings is 2. The van der Waals surface area contributed by atoms with Gasteiger partial charge < -0.3 is 15.1 Å². The summed E-state index contributed by atoms with van der Waals surface area (Å²) >= 11 is 0. The molecule has 0 bridgehead atoms. The van der Waals surface area contributed by atoms with Crippen molar-refractivity contribution < 1.29 is 22.9 Å². The summed E-state index contributed by atoms with van der Waals surface area (Å²) in [4.78, 5) is 16.0. The first-order valence-electron chi connectivity index (χ1n) is 9.39. The third kappa shape index (κ3) is 4.65. The van der Waals surface area contributed by atoms with Crippen molar-refractivity contribution in [1.82, 2.24) is 0 Å². The molecule has 150 valence electrons. The normalized spacial score (nSPS) is 16.7. The summed E-state index contributed by atoms with van der Waals surface area (Å²) in [6.45, 7) is 7.17. The number of anilines is 2. The third-order valence-electron chi connectivity index (χ3n) is 5.32. The maximum absolute atomic E-state index is 12.8. The van der Waals surface area contributed by atoms with E-state index >= 15 is 0 Å². The van der Waals surface area contributed by atoms with Crippen LogP contribution >= 0.6 is 0 Å². The number of hydrogen-bond acceptors (Lipinski definition) is 2. The van der Waals surface area contributed by atoms with Crippen LogP contribution in [0.2, 0.25) is 0 Å². The lowest BCUT2D eigenvalue weighted by atomic mass is 10.1. The van der Waals surface area contributed by atoms with Crippen LogP contribution in [0.1, 0.15) is 18.1 Å². The Morgan fingerprint density at radius 2 is 1.79 bits per heavy atom. The molecule has 1 fully saturated rings. The van der Waals surface area contributed by atoms with Crippen molar-refractivity contribution in [3.63, 3.8) is 0 Å². The molecule has 0 saturated carbocycles. The number of quaternary nitrogens is 1. The lowest BCUT2D eigenvalue weighted by Crippen LogP contribution is -3.19. The van der Waals surface area contributed by atoms with Gasteiger partial charge in [-0.3, -0.25) is 4.79 Å². The number of amides is 1. The monoisotopic (exact) mass is 392 g/mol. The number of alkyl halides is 3. The lowest BCUT2D eigenvalue weighted by molar-refractivity contribution is -0.914. The van der Waals surface area contributed by atoms with E-state index in [1.54, 1.807) is 0 Å². The molecule has 1 aliphatic rings. The summed E-state index contributed by atoms with van der Waals surface area (Å²) in [6, 6.07) is 12.6. The maximum Gasteiger partial charge on any atom is 0.416 e. The number of carbonyl (C=O) groups excluding carboxylic acids is 1. The number of hydrogen-bond donors (Lipinski definition) is 2. The maximum atomic E-state index is 12.8. The highest BCUT2D eigenvalue weighted by Gasteiger charge is 2.32. The van der Waals surface area contributed by atoms with E-state index in [0.29, 0.717) is 0 Å². The summed E-state index contributed by atoms with van der Waals surface area (Å²) in [5.41, 5.74) is 1.84. The van der Waals surface area contributed by atoms with E-state index < -0.39 is 11.7 Å². The average Bonchev–Trinajstić information content (AvgIpc) is 2.67. The van der Waals surface area contributed by atoms with Crippen molar-refractivity contribution >= 4 is 17.3 Å². The second kappa shape index (κ2) is 8.22. The van der Waals surface area contributed by atoms with E-state index in [2.05, 4.69) is 29.3 Å². The van der Waals surface area contributed by atoms with Gasteiger partial charge in [0.2, 0.25) is 0 Å². The first-order valence-corrected chi connectivity index (χ1v) is 9.39. The first-order chi connectivity index (χ1) is 13.3. The molecule has 7 heteroatoms. The number of nitrogens with zero attached hydrogens (tertiary/aromatic N) is 1. The highest BCUT2D eigenvalue weighted by Crippen LogP contribution is 2.30. The van der Waals surface area contributed by atoms with Crippen LogP contribution in [0.3, 0.4) is 0 Å². The minimum Gasteiger partial charge on any atom is -0.360 e. The molecule has 1 atom stereocenters. The minimum absolute atomic E-state index is 0.171. The molecule has 0 radical (unpaired) electrons. The number of nitrogens with one attached hydrogen (secondary N) is 2. The van der Waals surface area contributed by atoms with Crippen LogP contribution < -0.4 is 15.1 Å². The number of halogens is 3. The van der Waals surface area contributed by atoms with Gasteiger partial charge in [-0.15, -0.1) is 0 Å². The fourth-order valence-electron chi connectivity index (χ4n) is 3.60. The SMILES string of the molecule is Cc1ccccc1N1CC[NH+]([C@H](C)C(=O)Nc2cccc(C(F)(F)F)c2)CC1. The van der Waals surface area contributed by atoms with E-state index in [9.17, 15) is 18.0 Å². The van der Waals surface area contributed by atoms with Gasteiger partial charge in [0, 0.05) is 11.4 Å². The summed E-state index contributed by atoms with van der Waals surface area (Å²) in [6.07, 6.45) is -4.43. The van der Waals surface area contributed by atoms with Gasteiger partial charge in [0.1, 0.15) is 0 Å². The van der Waals surface area contributed by atoms with Crippen LogP contribution in [0.5, 0.6) is 0 Å². The Kier molecular flexibility index (Phi) is 5.93. The molecule has 2 aromatic carbocycles. The van der Waals surface area contributed by atoms with Gasteiger partial charge in [-0.2, -0.15) is 13.2 Å². The molecule has 0 spiro atoms. The number of aryl methyl sites for hydroxylation is 1. The van der Waals surface area contributed by atoms with E-state index in [-0.39, 0.29) is 17.6 Å². The zero-order valence-corrected chi connectivity index (χ0v) is 16.0. The summed E-state index contributed by atoms with van der Waals surface area (Å²) < 4.78 is 38.5. The van der Waals surface area contributed by atoms with Gasteiger partial charge >= 0.3 is 6.18 Å². The van der Waals surface area contributed by atoms with Crippen LogP contribution in [-0.4, -0.2) is 38.1 Å². The zero-order chi connectivity index (χ0) is 20.3. The second-order valence-electron chi connectivity index (χ2n) is 7.22. The van der Waals surface area contributed by atoms with Gasteiger partial charge in [0.15, 0.2) is 6.04 Å². The quantitative estimate of drug-likeness (QED) is 0.840. The van der Waals surface area contributed by atoms with Gasteiger partial charge in [-0.25, -0.2) is 0 Å². The smallest absolute Gasteiger partial charge is 0.360 e. The highest BCUT2D eigenvalue weighted by molar-refractivity contribution is 5.93. The largest absolute Gasteiger partial charge is 0.416 e. The molecule has 4 nitrogen and oxygen atoms in total. The fraction of sp³-hybridized carbons (Fsp3) is 0.381. The predicted octanol–water partition coefficient (Wildman–Crippen LogP) is 2.75. The van der Waals surface area contributed by atoms with Crippen LogP contribution in [0.15, 0.2) is 48.5 Å². The van der Waals surface area contributed by atoms with Crippen molar-refractivity contribution in [2.75, 3.05) is 36.4 Å². The Bertz CT molecular complexity index is 830. The van der Waals surface area contributed by atoms with Crippen LogP contribution in [0, 0.1) is 6.92 Å². The van der Waals surface area contributed by atoms with E-state index in [1.807, 2.05) is 19.1 Å². The third-order valence-corrected chi connectivity index (χ3v) is 5.32. The van der Waals surface area contributed by atoms with E-state index in [1.165, 1.54) is 23.4 Å². The minimum atomic E-state index is -4.43. The summed E-state index contributed by atoms with van der Waals surface area (Å²) in [5, 5.41) is 2.63. The summed E-state index contributed by atoms with van der Waals surface area (Å²) in [5.74, 6) is -0.265. The molecule has 1 aliphatic heterocycles. The Hall–Kier alpha value is -2.54. The molecule has 1 saturated heterocycles. The molecule has 2 aromatic rings. The average molecular weight is 392 g/mol. The second-order valence-corrected chi connectivity index (χ2v) is 7.22. The van der Waals surface area contributed by atoms with Crippen LogP contribution in [-0.2, 0) is 11.0 Å². The van der Waals surface area contributed by atoms with Crippen molar-refractivity contribution in [3.8, 4) is 0 Å². The van der Waals surface area contributed by atoms with Crippen LogP contribution in [0.4, 0.5) is 24.5 Å². The molecule has 0 unspecified atom stereocenters. The van der Waals surface area contributed by atoms with Crippen LogP contribution in [0.25, 0.3) is 0 Å². The first kappa shape index (κ1) is 20.2. The topological polar surface area (TPSA) is 36.8 Å². The molecule has 0 aliphatic carbocycles. The standard InChI is InChI=1S/C21H24F3N3O/c1-15-6-3-4-9-19(15)27-12-10-26(11-13-27)16(2)20(28)25-18-8-5-7-17(14-18)21(22,23)24/h3-9,14,16H,10-13H2,1-2H3,(H,25,28)/p+1/t16-/m1/s1. The molecule has 1 amide bonds. The predicted molar refractivity (Wildman–Crippen MR) is 104 cm³/mol. The lowest BCUT2D eigenvalue weighted by Gasteiger charge is -2.36. The van der Waals surface area contributed by atoms with E-state index in [4.69, 9.17) is 0 Å². The Morgan fingerprint density at radius 1 is 1.11 bits per heavy atom. The van der Waals surface area contributed by atoms with Crippen molar-refractivity contribution in [3.05, 3.63) is 59.7 Å². The number of para-hydroxylation sites is 1. The molecule has 0 aromatic heterocycles. The molecular formula is C21H25F3N3O+. The van der Waals surface area contributed by atoms with Gasteiger partial charge in [-0.1, -0.05) is 24.3 Å². The number of carbonyl (C=O) groups is 1. The molecule has 1 heterocycles. The van der Waals surface area contributed by atoms with Gasteiger partial charge in [0.25, 0.3) is 5.91 Å². The highest BCUT2D eigenvalue weighted by atomic mass is 19.4. The Balaban J connectivity index is 1.59. The van der Waals surface area contributed by atoms with Gasteiger partial charge in [-0.05, 0) is 43.7 Å². The Labute approximate surface area is 162 Å². The van der Waals surface area contributed by atoms with E-state index in [0.717, 1.165) is 43.2 Å². The Morgan fingerprint density at radius 3 is 2.43 bits per heavy atom. The molecular weight excluding hydrogens is 367 g/mol. The molecule has 2 N–H and O–H groups in total.